The number of amides is 2. The molecule has 2 aromatic heterocycles. The van der Waals surface area contributed by atoms with E-state index in [-0.39, 0.29) is 11.2 Å². The number of nitrogens with one attached hydrogen (secondary N) is 2. The predicted octanol–water partition coefficient (Wildman–Crippen LogP) is 3.03. The Morgan fingerprint density at radius 1 is 0.968 bits per heavy atom. The maximum atomic E-state index is 12.9. The van der Waals surface area contributed by atoms with Gasteiger partial charge in [0.1, 0.15) is 5.69 Å². The predicted molar refractivity (Wildman–Crippen MR) is 120 cm³/mol. The third-order valence-electron chi connectivity index (χ3n) is 5.12. The van der Waals surface area contributed by atoms with Crippen LogP contribution in [0, 0.1) is 6.92 Å². The Hall–Kier alpha value is -4.07. The highest BCUT2D eigenvalue weighted by Crippen LogP contribution is 2.13. The van der Waals surface area contributed by atoms with Gasteiger partial charge in [0.05, 0.1) is 22.8 Å². The fraction of sp³-hybridized carbons (Fsp3) is 0.174. The van der Waals surface area contributed by atoms with Crippen molar-refractivity contribution in [1.82, 2.24) is 24.5 Å². The number of nitrogens with zero attached hydrogens (tertiary/aromatic N) is 4. The summed E-state index contributed by atoms with van der Waals surface area (Å²) in [5.74, 6) is 0. The van der Waals surface area contributed by atoms with Crippen molar-refractivity contribution in [2.45, 2.75) is 13.3 Å². The number of anilines is 1. The summed E-state index contributed by atoms with van der Waals surface area (Å²) < 4.78 is 5.06. The fourth-order valence-corrected chi connectivity index (χ4v) is 3.39. The number of para-hydroxylation sites is 2. The van der Waals surface area contributed by atoms with E-state index in [1.54, 1.807) is 23.3 Å². The Bertz CT molecular complexity index is 1240. The van der Waals surface area contributed by atoms with E-state index in [4.69, 9.17) is 0 Å². The zero-order valence-corrected chi connectivity index (χ0v) is 17.4. The molecule has 0 aliphatic carbocycles. The van der Waals surface area contributed by atoms with Gasteiger partial charge in [-0.3, -0.25) is 9.48 Å². The monoisotopic (exact) mass is 416 g/mol. The first-order valence-electron chi connectivity index (χ1n) is 10.0. The lowest BCUT2D eigenvalue weighted by Crippen LogP contribution is -2.32. The molecular formula is C23H24N6O2. The van der Waals surface area contributed by atoms with E-state index in [1.807, 2.05) is 72.9 Å². The van der Waals surface area contributed by atoms with Gasteiger partial charge in [0.25, 0.3) is 5.56 Å². The van der Waals surface area contributed by atoms with Gasteiger partial charge in [0.2, 0.25) is 0 Å². The molecule has 0 aliphatic rings. The molecule has 0 atom stereocenters. The summed E-state index contributed by atoms with van der Waals surface area (Å²) in [6.45, 7) is 2.20. The van der Waals surface area contributed by atoms with E-state index < -0.39 is 6.03 Å². The van der Waals surface area contributed by atoms with Crippen molar-refractivity contribution in [3.05, 3.63) is 94.7 Å². The van der Waals surface area contributed by atoms with Crippen LogP contribution < -0.4 is 16.2 Å². The van der Waals surface area contributed by atoms with Gasteiger partial charge in [-0.2, -0.15) is 5.10 Å². The van der Waals surface area contributed by atoms with Gasteiger partial charge in [0, 0.05) is 26.2 Å². The Balaban J connectivity index is 1.38. The second-order valence-electron chi connectivity index (χ2n) is 7.15. The van der Waals surface area contributed by atoms with Gasteiger partial charge in [-0.25, -0.2) is 14.2 Å². The van der Waals surface area contributed by atoms with Crippen LogP contribution in [0.4, 0.5) is 10.5 Å². The minimum absolute atomic E-state index is 0.261. The van der Waals surface area contributed by atoms with E-state index in [2.05, 4.69) is 15.7 Å². The lowest BCUT2D eigenvalue weighted by molar-refractivity contribution is 0.252. The van der Waals surface area contributed by atoms with E-state index in [1.165, 1.54) is 4.68 Å². The number of carbonyl (C=O) groups excluding carboxylic acids is 1. The number of rotatable bonds is 6. The molecule has 2 aromatic carbocycles. The molecule has 8 heteroatoms. The molecule has 2 N–H and O–H groups in total. The summed E-state index contributed by atoms with van der Waals surface area (Å²) in [5, 5.41) is 10.0. The minimum Gasteiger partial charge on any atom is -0.337 e. The average molecular weight is 416 g/mol. The van der Waals surface area contributed by atoms with Crippen molar-refractivity contribution in [2.24, 2.45) is 7.05 Å². The topological polar surface area (TPSA) is 85.9 Å². The van der Waals surface area contributed by atoms with Gasteiger partial charge in [0.15, 0.2) is 0 Å². The third-order valence-corrected chi connectivity index (χ3v) is 5.12. The molecule has 8 nitrogen and oxygen atoms in total. The average Bonchev–Trinajstić information content (AvgIpc) is 3.34. The molecule has 2 amide bonds. The number of benzene rings is 2. The molecule has 4 aromatic rings. The second-order valence-corrected chi connectivity index (χ2v) is 7.15. The summed E-state index contributed by atoms with van der Waals surface area (Å²) in [5.41, 5.74) is 3.24. The third kappa shape index (κ3) is 4.28. The number of hydrogen-bond donors (Lipinski definition) is 2. The first-order chi connectivity index (χ1) is 15.0. The lowest BCUT2D eigenvalue weighted by Gasteiger charge is -2.07. The molecule has 0 aliphatic heterocycles. The molecule has 0 saturated carbocycles. The maximum absolute atomic E-state index is 12.9. The van der Waals surface area contributed by atoms with Gasteiger partial charge in [-0.05, 0) is 37.3 Å². The van der Waals surface area contributed by atoms with Crippen LogP contribution in [0.3, 0.4) is 0 Å². The van der Waals surface area contributed by atoms with Crippen LogP contribution in [-0.2, 0) is 13.5 Å². The van der Waals surface area contributed by atoms with Crippen LogP contribution in [0.25, 0.3) is 11.4 Å². The molecular weight excluding hydrogens is 392 g/mol. The van der Waals surface area contributed by atoms with Crippen molar-refractivity contribution >= 4 is 11.7 Å². The summed E-state index contributed by atoms with van der Waals surface area (Å²) in [6, 6.07) is 20.6. The first kappa shape index (κ1) is 20.2. The first-order valence-corrected chi connectivity index (χ1v) is 10.0. The van der Waals surface area contributed by atoms with Crippen LogP contribution in [0.15, 0.2) is 77.7 Å². The van der Waals surface area contributed by atoms with E-state index >= 15 is 0 Å². The van der Waals surface area contributed by atoms with Crippen molar-refractivity contribution in [3.63, 3.8) is 0 Å². The molecule has 0 radical (unpaired) electrons. The normalized spacial score (nSPS) is 10.8. The Morgan fingerprint density at radius 2 is 1.61 bits per heavy atom. The maximum Gasteiger partial charge on any atom is 0.319 e. The number of urea groups is 1. The molecule has 0 fully saturated rings. The summed E-state index contributed by atoms with van der Waals surface area (Å²) in [7, 11) is 1.79. The zero-order chi connectivity index (χ0) is 21.8. The van der Waals surface area contributed by atoms with Crippen molar-refractivity contribution in [1.29, 1.82) is 0 Å². The van der Waals surface area contributed by atoms with E-state index in [0.717, 1.165) is 17.1 Å². The van der Waals surface area contributed by atoms with Crippen LogP contribution in [0.5, 0.6) is 0 Å². The molecule has 4 rings (SSSR count). The van der Waals surface area contributed by atoms with Gasteiger partial charge < -0.3 is 10.6 Å². The quantitative estimate of drug-likeness (QED) is 0.507. The number of carbonyl (C=O) groups is 1. The minimum atomic E-state index is -0.423. The Kier molecular flexibility index (Phi) is 5.70. The van der Waals surface area contributed by atoms with Crippen LogP contribution in [0.1, 0.15) is 11.4 Å². The van der Waals surface area contributed by atoms with E-state index in [0.29, 0.717) is 18.7 Å². The highest BCUT2D eigenvalue weighted by molar-refractivity contribution is 5.89. The molecule has 0 spiro atoms. The van der Waals surface area contributed by atoms with Crippen LogP contribution >= 0.6 is 0 Å². The summed E-state index contributed by atoms with van der Waals surface area (Å²) in [6.07, 6.45) is 2.47. The van der Waals surface area contributed by atoms with Gasteiger partial charge >= 0.3 is 6.03 Å². The molecule has 0 unspecified atom stereocenters. The highest BCUT2D eigenvalue weighted by atomic mass is 16.2. The van der Waals surface area contributed by atoms with Crippen molar-refractivity contribution in [2.75, 3.05) is 11.9 Å². The van der Waals surface area contributed by atoms with Crippen LogP contribution in [0.2, 0.25) is 0 Å². The van der Waals surface area contributed by atoms with E-state index in [9.17, 15) is 9.59 Å². The SMILES string of the molecule is Cc1c(NC(=O)NCCc2ccn(-c3ccccc3)n2)c(=O)n(-c2ccccc2)n1C. The molecule has 31 heavy (non-hydrogen) atoms. The van der Waals surface area contributed by atoms with Gasteiger partial charge in [-0.15, -0.1) is 0 Å². The standard InChI is InChI=1S/C23H24N6O2/c1-17-21(22(30)29(27(17)2)20-11-7-4-8-12-20)25-23(31)24-15-13-18-14-16-28(26-18)19-9-5-3-6-10-19/h3-12,14,16H,13,15H2,1-2H3,(H2,24,25,31). The highest BCUT2D eigenvalue weighted by Gasteiger charge is 2.17. The Morgan fingerprint density at radius 3 is 2.29 bits per heavy atom. The molecule has 0 saturated heterocycles. The summed E-state index contributed by atoms with van der Waals surface area (Å²) in [4.78, 5) is 25.3. The number of hydrogen-bond acceptors (Lipinski definition) is 3. The smallest absolute Gasteiger partial charge is 0.319 e. The molecule has 158 valence electrons. The number of aromatic nitrogens is 4. The van der Waals surface area contributed by atoms with Crippen molar-refractivity contribution in [3.8, 4) is 11.4 Å². The molecule has 2 heterocycles. The fourth-order valence-electron chi connectivity index (χ4n) is 3.39. The summed E-state index contributed by atoms with van der Waals surface area (Å²) >= 11 is 0. The van der Waals surface area contributed by atoms with Gasteiger partial charge in [-0.1, -0.05) is 36.4 Å². The van der Waals surface area contributed by atoms with Crippen molar-refractivity contribution < 1.29 is 4.79 Å². The Labute approximate surface area is 179 Å². The van der Waals surface area contributed by atoms with Crippen LogP contribution in [-0.4, -0.2) is 31.7 Å². The second kappa shape index (κ2) is 8.74. The molecule has 0 bridgehead atoms. The zero-order valence-electron chi connectivity index (χ0n) is 17.4. The lowest BCUT2D eigenvalue weighted by atomic mass is 10.3. The largest absolute Gasteiger partial charge is 0.337 e.